The smallest absolute Gasteiger partial charge is 0.236 e. The van der Waals surface area contributed by atoms with Gasteiger partial charge in [0.15, 0.2) is 17.5 Å². The van der Waals surface area contributed by atoms with Crippen LogP contribution in [0.5, 0.6) is 5.75 Å². The molecule has 2 bridgehead atoms. The van der Waals surface area contributed by atoms with Gasteiger partial charge in [-0.15, -0.1) is 0 Å². The molecule has 0 aliphatic carbocycles. The van der Waals surface area contributed by atoms with Gasteiger partial charge in [-0.05, 0) is 30.2 Å². The third-order valence-electron chi connectivity index (χ3n) is 8.09. The van der Waals surface area contributed by atoms with Crippen molar-refractivity contribution in [2.24, 2.45) is 5.92 Å². The van der Waals surface area contributed by atoms with Gasteiger partial charge in [0, 0.05) is 18.8 Å². The van der Waals surface area contributed by atoms with E-state index in [0.717, 1.165) is 66.1 Å². The number of benzene rings is 3. The van der Waals surface area contributed by atoms with Gasteiger partial charge in [-0.2, -0.15) is 0 Å². The monoisotopic (exact) mass is 481 g/mol. The average Bonchev–Trinajstić information content (AvgIpc) is 3.39. The molecule has 4 heterocycles. The standard InChI is InChI=1S/C31H33N2O3/c1-23-12-14-27(15-13-23)35-29-22-33(18-16-24(29)17-19-33)21-28-20-32-30(36-28)31(34,25-8-4-2-5-9-25)26-10-6-3-7-11-26/h2-15,20,24,29,34H,16-19,21-22H2,1H3/q+1. The molecular formula is C31H33N2O3+. The Balaban J connectivity index is 1.26. The summed E-state index contributed by atoms with van der Waals surface area (Å²) < 4.78 is 13.8. The number of ether oxygens (including phenoxy) is 1. The Morgan fingerprint density at radius 1 is 0.917 bits per heavy atom. The third-order valence-corrected chi connectivity index (χ3v) is 8.09. The molecule has 0 amide bonds. The maximum Gasteiger partial charge on any atom is 0.236 e. The van der Waals surface area contributed by atoms with Crippen LogP contribution in [-0.2, 0) is 12.1 Å². The number of aryl methyl sites for hydroxylation is 1. The zero-order chi connectivity index (χ0) is 24.6. The number of piperidine rings is 3. The van der Waals surface area contributed by atoms with E-state index in [4.69, 9.17) is 9.15 Å². The minimum Gasteiger partial charge on any atom is -0.484 e. The topological polar surface area (TPSA) is 55.5 Å². The largest absolute Gasteiger partial charge is 0.484 e. The number of rotatable bonds is 7. The van der Waals surface area contributed by atoms with E-state index in [1.54, 1.807) is 6.20 Å². The number of quaternary nitrogens is 1. The van der Waals surface area contributed by atoms with Crippen LogP contribution < -0.4 is 4.74 Å². The molecule has 1 aromatic heterocycles. The maximum absolute atomic E-state index is 12.0. The Labute approximate surface area is 212 Å². The van der Waals surface area contributed by atoms with Gasteiger partial charge < -0.3 is 18.7 Å². The first-order valence-electron chi connectivity index (χ1n) is 12.9. The average molecular weight is 482 g/mol. The third kappa shape index (κ3) is 4.23. The minimum atomic E-state index is -1.45. The predicted octanol–water partition coefficient (Wildman–Crippen LogP) is 5.46. The van der Waals surface area contributed by atoms with E-state index >= 15 is 0 Å². The molecular weight excluding hydrogens is 448 g/mol. The fourth-order valence-corrected chi connectivity index (χ4v) is 6.02. The molecule has 3 aromatic carbocycles. The fourth-order valence-electron chi connectivity index (χ4n) is 6.02. The summed E-state index contributed by atoms with van der Waals surface area (Å²) in [5.41, 5.74) is 1.27. The van der Waals surface area contributed by atoms with Crippen LogP contribution in [0.25, 0.3) is 0 Å². The molecule has 3 fully saturated rings. The van der Waals surface area contributed by atoms with Gasteiger partial charge in [-0.1, -0.05) is 78.4 Å². The van der Waals surface area contributed by atoms with E-state index in [1.807, 2.05) is 60.7 Å². The van der Waals surface area contributed by atoms with Gasteiger partial charge in [-0.3, -0.25) is 0 Å². The van der Waals surface area contributed by atoms with E-state index in [9.17, 15) is 5.11 Å². The van der Waals surface area contributed by atoms with Gasteiger partial charge in [0.2, 0.25) is 5.89 Å². The lowest BCUT2D eigenvalue weighted by Gasteiger charge is -2.51. The van der Waals surface area contributed by atoms with Crippen molar-refractivity contribution >= 4 is 0 Å². The first-order valence-corrected chi connectivity index (χ1v) is 12.9. The highest BCUT2D eigenvalue weighted by Crippen LogP contribution is 2.39. The zero-order valence-electron chi connectivity index (χ0n) is 20.7. The van der Waals surface area contributed by atoms with E-state index < -0.39 is 5.60 Å². The highest BCUT2D eigenvalue weighted by Gasteiger charge is 2.48. The number of aromatic nitrogens is 1. The molecule has 1 atom stereocenters. The molecule has 4 aromatic rings. The molecule has 0 spiro atoms. The number of hydrogen-bond acceptors (Lipinski definition) is 4. The molecule has 5 heteroatoms. The lowest BCUT2D eigenvalue weighted by molar-refractivity contribution is -0.958. The lowest BCUT2D eigenvalue weighted by atomic mass is 9.83. The Hall–Kier alpha value is -3.41. The lowest BCUT2D eigenvalue weighted by Crippen LogP contribution is -2.64. The van der Waals surface area contributed by atoms with Crippen LogP contribution in [0.2, 0.25) is 0 Å². The van der Waals surface area contributed by atoms with Crippen molar-refractivity contribution in [3.63, 3.8) is 0 Å². The number of fused-ring (bicyclic) bond motifs is 3. The van der Waals surface area contributed by atoms with E-state index in [-0.39, 0.29) is 6.10 Å². The van der Waals surface area contributed by atoms with E-state index in [0.29, 0.717) is 11.8 Å². The molecule has 3 saturated heterocycles. The molecule has 3 aliphatic heterocycles. The van der Waals surface area contributed by atoms with Crippen LogP contribution in [0.15, 0.2) is 95.5 Å². The second-order valence-electron chi connectivity index (χ2n) is 10.5. The van der Waals surface area contributed by atoms with Crippen LogP contribution in [0.3, 0.4) is 0 Å². The SMILES string of the molecule is Cc1ccc(OC2C[N+]3(Cc4cnc(C(O)(c5ccccc5)c5ccccc5)o4)CCC2CC3)cc1. The van der Waals surface area contributed by atoms with Crippen molar-refractivity contribution in [2.75, 3.05) is 19.6 Å². The molecule has 3 aliphatic rings. The summed E-state index contributed by atoms with van der Waals surface area (Å²) in [4.78, 5) is 4.62. The zero-order valence-corrected chi connectivity index (χ0v) is 20.7. The van der Waals surface area contributed by atoms with Crippen LogP contribution in [-0.4, -0.2) is 40.3 Å². The Morgan fingerprint density at radius 3 is 2.14 bits per heavy atom. The van der Waals surface area contributed by atoms with Crippen LogP contribution in [0.1, 0.15) is 41.2 Å². The van der Waals surface area contributed by atoms with E-state index in [2.05, 4.69) is 36.2 Å². The van der Waals surface area contributed by atoms with Gasteiger partial charge in [0.25, 0.3) is 0 Å². The van der Waals surface area contributed by atoms with Gasteiger partial charge >= 0.3 is 0 Å². The maximum atomic E-state index is 12.0. The van der Waals surface area contributed by atoms with Crippen LogP contribution in [0, 0.1) is 12.8 Å². The number of hydrogen-bond donors (Lipinski definition) is 1. The van der Waals surface area contributed by atoms with Gasteiger partial charge in [0.1, 0.15) is 18.8 Å². The normalized spacial score (nSPS) is 23.5. The van der Waals surface area contributed by atoms with Gasteiger partial charge in [-0.25, -0.2) is 4.98 Å². The Bertz CT molecular complexity index is 1250. The molecule has 36 heavy (non-hydrogen) atoms. The predicted molar refractivity (Wildman–Crippen MR) is 138 cm³/mol. The summed E-state index contributed by atoms with van der Waals surface area (Å²) >= 11 is 0. The summed E-state index contributed by atoms with van der Waals surface area (Å²) in [6.45, 7) is 6.07. The van der Waals surface area contributed by atoms with Crippen molar-refractivity contribution < 1.29 is 18.7 Å². The molecule has 7 rings (SSSR count). The van der Waals surface area contributed by atoms with Crippen LogP contribution in [0.4, 0.5) is 0 Å². The van der Waals surface area contributed by atoms with Crippen molar-refractivity contribution in [2.45, 2.75) is 38.0 Å². The second kappa shape index (κ2) is 9.23. The van der Waals surface area contributed by atoms with Crippen molar-refractivity contribution in [3.05, 3.63) is 119 Å². The van der Waals surface area contributed by atoms with Crippen LogP contribution >= 0.6 is 0 Å². The minimum absolute atomic E-state index is 0.211. The second-order valence-corrected chi connectivity index (χ2v) is 10.5. The summed E-state index contributed by atoms with van der Waals surface area (Å²) in [6.07, 6.45) is 4.34. The fraction of sp³-hybridized carbons (Fsp3) is 0.323. The molecule has 0 radical (unpaired) electrons. The number of aliphatic hydroxyl groups is 1. The molecule has 1 N–H and O–H groups in total. The number of nitrogens with zero attached hydrogens (tertiary/aromatic N) is 2. The first-order chi connectivity index (χ1) is 17.5. The highest BCUT2D eigenvalue weighted by atomic mass is 16.5. The Morgan fingerprint density at radius 2 is 1.53 bits per heavy atom. The van der Waals surface area contributed by atoms with Crippen molar-refractivity contribution in [3.8, 4) is 5.75 Å². The molecule has 0 saturated carbocycles. The summed E-state index contributed by atoms with van der Waals surface area (Å²) in [5, 5.41) is 12.0. The Kier molecular flexibility index (Phi) is 5.90. The van der Waals surface area contributed by atoms with Gasteiger partial charge in [0.05, 0.1) is 19.3 Å². The summed E-state index contributed by atoms with van der Waals surface area (Å²) in [5.74, 6) is 2.69. The quantitative estimate of drug-likeness (QED) is 0.357. The highest BCUT2D eigenvalue weighted by molar-refractivity contribution is 5.41. The molecule has 1 unspecified atom stereocenters. The molecule has 5 nitrogen and oxygen atoms in total. The van der Waals surface area contributed by atoms with E-state index in [1.165, 1.54) is 5.56 Å². The number of oxazole rings is 1. The first kappa shape index (κ1) is 23.0. The summed E-state index contributed by atoms with van der Waals surface area (Å²) in [6, 6.07) is 27.6. The molecule has 184 valence electrons. The van der Waals surface area contributed by atoms with Crippen molar-refractivity contribution in [1.29, 1.82) is 0 Å². The van der Waals surface area contributed by atoms with Crippen molar-refractivity contribution in [1.82, 2.24) is 4.98 Å². The summed E-state index contributed by atoms with van der Waals surface area (Å²) in [7, 11) is 0.